The summed E-state index contributed by atoms with van der Waals surface area (Å²) >= 11 is 0. The number of hydrogen-bond donors (Lipinski definition) is 3. The predicted molar refractivity (Wildman–Crippen MR) is 146 cm³/mol. The normalized spacial score (nSPS) is 45.8. The van der Waals surface area contributed by atoms with E-state index < -0.39 is 35.3 Å². The average molecular weight is 545 g/mol. The number of carbonyl (C=O) groups excluding carboxylic acids is 2. The summed E-state index contributed by atoms with van der Waals surface area (Å²) in [5.41, 5.74) is -0.553. The van der Waals surface area contributed by atoms with Crippen molar-refractivity contribution >= 4 is 11.9 Å². The first-order valence-electron chi connectivity index (χ1n) is 14.8. The van der Waals surface area contributed by atoms with Crippen LogP contribution in [0.3, 0.4) is 0 Å². The van der Waals surface area contributed by atoms with Gasteiger partial charge in [0, 0.05) is 29.2 Å². The van der Waals surface area contributed by atoms with Crippen molar-refractivity contribution in [2.75, 3.05) is 0 Å². The van der Waals surface area contributed by atoms with Gasteiger partial charge >= 0.3 is 11.9 Å². The largest absolute Gasteiger partial charge is 0.462 e. The molecule has 0 aromatic carbocycles. The molecule has 7 nitrogen and oxygen atoms in total. The molecule has 5 aliphatic rings. The van der Waals surface area contributed by atoms with Crippen LogP contribution in [-0.2, 0) is 19.1 Å². The Morgan fingerprint density at radius 2 is 1.79 bits per heavy atom. The minimum Gasteiger partial charge on any atom is -0.462 e. The van der Waals surface area contributed by atoms with Gasteiger partial charge in [0.25, 0.3) is 0 Å². The molecule has 39 heavy (non-hydrogen) atoms. The molecule has 10 atom stereocenters. The van der Waals surface area contributed by atoms with Gasteiger partial charge < -0.3 is 24.8 Å². The van der Waals surface area contributed by atoms with Crippen molar-refractivity contribution in [3.05, 3.63) is 23.3 Å². The fourth-order valence-electron chi connectivity index (χ4n) is 10.1. The van der Waals surface area contributed by atoms with Crippen molar-refractivity contribution in [2.45, 2.75) is 124 Å². The van der Waals surface area contributed by atoms with Gasteiger partial charge in [0.15, 0.2) is 0 Å². The second-order valence-corrected chi connectivity index (χ2v) is 15.1. The zero-order valence-corrected chi connectivity index (χ0v) is 24.9. The van der Waals surface area contributed by atoms with Gasteiger partial charge in [0.2, 0.25) is 0 Å². The number of ether oxygens (including phenoxy) is 2. The van der Waals surface area contributed by atoms with Crippen LogP contribution in [0.2, 0.25) is 0 Å². The Morgan fingerprint density at radius 3 is 2.41 bits per heavy atom. The van der Waals surface area contributed by atoms with E-state index in [1.54, 1.807) is 6.08 Å². The molecule has 1 aliphatic heterocycles. The summed E-state index contributed by atoms with van der Waals surface area (Å²) in [7, 11) is 0. The van der Waals surface area contributed by atoms with Crippen LogP contribution in [0.4, 0.5) is 0 Å². The van der Waals surface area contributed by atoms with Gasteiger partial charge in [-0.25, -0.2) is 4.79 Å². The molecule has 0 aromatic heterocycles. The lowest BCUT2D eigenvalue weighted by Crippen LogP contribution is -2.65. The molecule has 0 radical (unpaired) electrons. The standard InChI is InChI=1S/C32H48O7/c1-17(33)38-25-12-14-31(7)22-11-13-30(6)19(18-15-20(39-27(18)36)26(35)29(4,5)37)9-10-21(30)32(22,8)24(34)16-23(31)28(25,2)3/h10,15,19-20,22-26,34-35,37H,9,11-14,16H2,1-8H3/t19-,20+,22+,23-,24+,25+,26-,30-,31+,32-/m0/s1. The van der Waals surface area contributed by atoms with Crippen molar-refractivity contribution in [3.8, 4) is 0 Å². The Labute approximate surface area is 233 Å². The number of fused-ring (bicyclic) bond motifs is 5. The van der Waals surface area contributed by atoms with Crippen molar-refractivity contribution in [3.63, 3.8) is 0 Å². The van der Waals surface area contributed by atoms with Gasteiger partial charge in [0.1, 0.15) is 18.3 Å². The summed E-state index contributed by atoms with van der Waals surface area (Å²) in [5.74, 6) is -0.270. The van der Waals surface area contributed by atoms with Crippen LogP contribution in [0, 0.1) is 39.4 Å². The summed E-state index contributed by atoms with van der Waals surface area (Å²) < 4.78 is 11.3. The molecule has 7 heteroatoms. The molecule has 3 fully saturated rings. The Morgan fingerprint density at radius 1 is 1.13 bits per heavy atom. The lowest BCUT2D eigenvalue weighted by molar-refractivity contribution is -0.219. The van der Waals surface area contributed by atoms with Crippen molar-refractivity contribution < 1.29 is 34.4 Å². The SMILES string of the molecule is CC(=O)O[C@@H]1CC[C@]2(C)[C@H]3CC[C@]4(C)C(=CC[C@H]4C4=C[C@H]([C@H](O)C(C)(C)O)OC4=O)[C@]3(C)[C@H](O)C[C@H]2C1(C)C. The summed E-state index contributed by atoms with van der Waals surface area (Å²) in [5, 5.41) is 32.9. The number of rotatable bonds is 4. The fourth-order valence-corrected chi connectivity index (χ4v) is 10.1. The smallest absolute Gasteiger partial charge is 0.334 e. The number of hydrogen-bond acceptors (Lipinski definition) is 7. The number of aliphatic hydroxyl groups excluding tert-OH is 2. The molecule has 0 spiro atoms. The van der Waals surface area contributed by atoms with Crippen LogP contribution in [0.1, 0.15) is 93.9 Å². The number of esters is 2. The number of aliphatic hydroxyl groups is 3. The quantitative estimate of drug-likeness (QED) is 0.353. The molecule has 0 aromatic rings. The van der Waals surface area contributed by atoms with E-state index in [-0.39, 0.29) is 46.1 Å². The summed E-state index contributed by atoms with van der Waals surface area (Å²) in [6.45, 7) is 15.8. The van der Waals surface area contributed by atoms with E-state index in [0.29, 0.717) is 18.4 Å². The molecule has 218 valence electrons. The Kier molecular flexibility index (Phi) is 6.57. The highest BCUT2D eigenvalue weighted by atomic mass is 16.6. The van der Waals surface area contributed by atoms with Crippen LogP contribution in [-0.4, -0.2) is 57.3 Å². The molecular formula is C32H48O7. The molecular weight excluding hydrogens is 496 g/mol. The van der Waals surface area contributed by atoms with Gasteiger partial charge in [-0.2, -0.15) is 0 Å². The monoisotopic (exact) mass is 544 g/mol. The van der Waals surface area contributed by atoms with Crippen LogP contribution < -0.4 is 0 Å². The maximum atomic E-state index is 13.1. The summed E-state index contributed by atoms with van der Waals surface area (Å²) in [6.07, 6.45) is 6.16. The van der Waals surface area contributed by atoms with Gasteiger partial charge in [-0.05, 0) is 81.1 Å². The molecule has 0 unspecified atom stereocenters. The fraction of sp³-hybridized carbons (Fsp3) is 0.812. The molecule has 0 bridgehead atoms. The minimum absolute atomic E-state index is 0.0120. The second-order valence-electron chi connectivity index (χ2n) is 15.1. The molecule has 3 N–H and O–H groups in total. The van der Waals surface area contributed by atoms with Crippen molar-refractivity contribution in [1.29, 1.82) is 0 Å². The number of cyclic esters (lactones) is 1. The lowest BCUT2D eigenvalue weighted by atomic mass is 9.37. The lowest BCUT2D eigenvalue weighted by Gasteiger charge is -2.68. The number of carbonyl (C=O) groups is 2. The predicted octanol–water partition coefficient (Wildman–Crippen LogP) is 4.48. The molecule has 0 saturated heterocycles. The highest BCUT2D eigenvalue weighted by Gasteiger charge is 2.69. The topological polar surface area (TPSA) is 113 Å². The maximum absolute atomic E-state index is 13.1. The van der Waals surface area contributed by atoms with Crippen molar-refractivity contribution in [1.82, 2.24) is 0 Å². The van der Waals surface area contributed by atoms with Crippen molar-refractivity contribution in [2.24, 2.45) is 39.4 Å². The van der Waals surface area contributed by atoms with E-state index in [4.69, 9.17) is 9.47 Å². The highest BCUT2D eigenvalue weighted by molar-refractivity contribution is 5.92. The zero-order chi connectivity index (χ0) is 28.9. The van der Waals surface area contributed by atoms with E-state index in [2.05, 4.69) is 40.7 Å². The third kappa shape index (κ3) is 4.00. The van der Waals surface area contributed by atoms with E-state index in [1.165, 1.54) is 26.3 Å². The van der Waals surface area contributed by atoms with E-state index >= 15 is 0 Å². The van der Waals surface area contributed by atoms with Gasteiger partial charge in [-0.15, -0.1) is 0 Å². The Hall–Kier alpha value is -1.70. The number of allylic oxidation sites excluding steroid dienone is 1. The first-order valence-corrected chi connectivity index (χ1v) is 14.8. The summed E-state index contributed by atoms with van der Waals surface area (Å²) in [4.78, 5) is 24.9. The Bertz CT molecular complexity index is 1110. The minimum atomic E-state index is -1.40. The Balaban J connectivity index is 1.46. The first kappa shape index (κ1) is 28.8. The highest BCUT2D eigenvalue weighted by Crippen LogP contribution is 2.73. The maximum Gasteiger partial charge on any atom is 0.334 e. The van der Waals surface area contributed by atoms with Crippen LogP contribution in [0.15, 0.2) is 23.3 Å². The molecule has 3 saturated carbocycles. The zero-order valence-electron chi connectivity index (χ0n) is 24.9. The molecule has 4 aliphatic carbocycles. The average Bonchev–Trinajstić information content (AvgIpc) is 3.36. The van der Waals surface area contributed by atoms with E-state index in [0.717, 1.165) is 25.7 Å². The van der Waals surface area contributed by atoms with Gasteiger partial charge in [-0.1, -0.05) is 46.3 Å². The van der Waals surface area contributed by atoms with E-state index in [1.807, 2.05) is 0 Å². The third-order valence-electron chi connectivity index (χ3n) is 12.2. The third-order valence-corrected chi connectivity index (χ3v) is 12.2. The summed E-state index contributed by atoms with van der Waals surface area (Å²) in [6, 6.07) is 0. The van der Waals surface area contributed by atoms with Crippen LogP contribution in [0.5, 0.6) is 0 Å². The molecule has 1 heterocycles. The first-order chi connectivity index (χ1) is 17.9. The van der Waals surface area contributed by atoms with E-state index in [9.17, 15) is 24.9 Å². The van der Waals surface area contributed by atoms with Gasteiger partial charge in [0.05, 0.1) is 11.7 Å². The van der Waals surface area contributed by atoms with Crippen LogP contribution in [0.25, 0.3) is 0 Å². The molecule has 0 amide bonds. The van der Waals surface area contributed by atoms with Gasteiger partial charge in [-0.3, -0.25) is 4.79 Å². The molecule has 5 rings (SSSR count). The van der Waals surface area contributed by atoms with Crippen LogP contribution >= 0.6 is 0 Å². The second kappa shape index (κ2) is 8.90.